The summed E-state index contributed by atoms with van der Waals surface area (Å²) in [6.45, 7) is 0.321. The van der Waals surface area contributed by atoms with Crippen LogP contribution >= 0.6 is 0 Å². The van der Waals surface area contributed by atoms with Crippen LogP contribution in [0.5, 0.6) is 11.5 Å². The van der Waals surface area contributed by atoms with Crippen LogP contribution in [0, 0.1) is 0 Å². The number of carboxylic acids is 2. The zero-order valence-corrected chi connectivity index (χ0v) is 15.0. The summed E-state index contributed by atoms with van der Waals surface area (Å²) in [5.41, 5.74) is -0.000963. The molecule has 0 heterocycles. The summed E-state index contributed by atoms with van der Waals surface area (Å²) >= 11 is 0. The summed E-state index contributed by atoms with van der Waals surface area (Å²) in [6, 6.07) is 12.2. The predicted octanol–water partition coefficient (Wildman–Crippen LogP) is 3.56. The Labute approximate surface area is 161 Å². The number of hydrogen-bond donors (Lipinski definition) is 2. The molecule has 28 heavy (non-hydrogen) atoms. The zero-order valence-electron chi connectivity index (χ0n) is 15.0. The molecular weight excluding hydrogens is 368 g/mol. The van der Waals surface area contributed by atoms with Gasteiger partial charge < -0.3 is 14.9 Å². The number of para-hydroxylation sites is 2. The third-order valence-electron chi connectivity index (χ3n) is 3.74. The van der Waals surface area contributed by atoms with Crippen LogP contribution in [0.3, 0.4) is 0 Å². The van der Waals surface area contributed by atoms with E-state index in [2.05, 4.69) is 4.89 Å². The summed E-state index contributed by atoms with van der Waals surface area (Å²) in [5, 5.41) is 18.1. The van der Waals surface area contributed by atoms with Crippen LogP contribution < -0.4 is 9.62 Å². The second kappa shape index (κ2) is 10.6. The molecule has 2 rings (SSSR count). The Hall–Kier alpha value is -3.55. The highest BCUT2D eigenvalue weighted by atomic mass is 17.2. The molecule has 8 nitrogen and oxygen atoms in total. The Morgan fingerprint density at radius 3 is 1.96 bits per heavy atom. The average molecular weight is 388 g/mol. The first-order valence-corrected chi connectivity index (χ1v) is 8.64. The Kier molecular flexibility index (Phi) is 7.83. The minimum Gasteiger partial charge on any atom is -0.493 e. The van der Waals surface area contributed by atoms with E-state index in [1.54, 1.807) is 24.3 Å². The van der Waals surface area contributed by atoms with Gasteiger partial charge in [0.05, 0.1) is 13.0 Å². The minimum absolute atomic E-state index is 0.0474. The maximum Gasteiger partial charge on any atom is 0.355 e. The molecule has 0 fully saturated rings. The number of hydrogen-bond acceptors (Lipinski definition) is 6. The fraction of sp³-hybridized carbons (Fsp3) is 0.250. The molecule has 0 spiro atoms. The van der Waals surface area contributed by atoms with Gasteiger partial charge in [-0.05, 0) is 43.5 Å². The van der Waals surface area contributed by atoms with E-state index in [1.807, 2.05) is 0 Å². The Morgan fingerprint density at radius 2 is 1.32 bits per heavy atom. The smallest absolute Gasteiger partial charge is 0.355 e. The lowest BCUT2D eigenvalue weighted by atomic mass is 10.2. The molecule has 2 N–H and O–H groups in total. The third-order valence-corrected chi connectivity index (χ3v) is 3.74. The van der Waals surface area contributed by atoms with Gasteiger partial charge in [-0.2, -0.15) is 0 Å². The van der Waals surface area contributed by atoms with E-state index >= 15 is 0 Å². The number of carbonyl (C=O) groups excluding carboxylic acids is 1. The first-order chi connectivity index (χ1) is 13.5. The summed E-state index contributed by atoms with van der Waals surface area (Å²) in [5.74, 6) is -2.59. The number of carboxylic acid groups (broad SMARTS) is 2. The van der Waals surface area contributed by atoms with Gasteiger partial charge in [-0.25, -0.2) is 14.4 Å². The van der Waals surface area contributed by atoms with E-state index in [1.165, 1.54) is 24.3 Å². The first kappa shape index (κ1) is 20.8. The first-order valence-electron chi connectivity index (χ1n) is 8.64. The van der Waals surface area contributed by atoms with Crippen LogP contribution in [0.25, 0.3) is 0 Å². The molecule has 0 radical (unpaired) electrons. The fourth-order valence-corrected chi connectivity index (χ4v) is 2.35. The van der Waals surface area contributed by atoms with Crippen LogP contribution in [0.1, 0.15) is 46.4 Å². The standard InChI is InChI=1S/C20H20O8/c21-18(28-27-17-11-6-4-9-15(17)20(24)25)12-2-1-7-13-26-16-10-5-3-8-14(16)19(22)23/h3-6,8-11H,1-2,7,12-13H2,(H,22,23)(H,24,25). The van der Waals surface area contributed by atoms with E-state index in [0.717, 1.165) is 0 Å². The van der Waals surface area contributed by atoms with Gasteiger partial charge in [-0.3, -0.25) is 9.78 Å². The molecule has 2 aromatic carbocycles. The average Bonchev–Trinajstić information content (AvgIpc) is 2.69. The van der Waals surface area contributed by atoms with Crippen molar-refractivity contribution in [2.24, 2.45) is 0 Å². The molecule has 0 aromatic heterocycles. The molecule has 0 saturated carbocycles. The van der Waals surface area contributed by atoms with E-state index < -0.39 is 17.9 Å². The van der Waals surface area contributed by atoms with E-state index in [-0.39, 0.29) is 23.3 Å². The highest BCUT2D eigenvalue weighted by Crippen LogP contribution is 2.19. The van der Waals surface area contributed by atoms with Gasteiger partial charge in [0, 0.05) is 0 Å². The second-order valence-electron chi connectivity index (χ2n) is 5.80. The van der Waals surface area contributed by atoms with Crippen molar-refractivity contribution < 1.29 is 39.1 Å². The molecule has 0 bridgehead atoms. The monoisotopic (exact) mass is 388 g/mol. The van der Waals surface area contributed by atoms with Crippen molar-refractivity contribution in [1.82, 2.24) is 0 Å². The predicted molar refractivity (Wildman–Crippen MR) is 97.5 cm³/mol. The van der Waals surface area contributed by atoms with Gasteiger partial charge >= 0.3 is 17.9 Å². The van der Waals surface area contributed by atoms with Crippen LogP contribution in [-0.2, 0) is 9.68 Å². The normalized spacial score (nSPS) is 10.1. The van der Waals surface area contributed by atoms with Gasteiger partial charge in [-0.15, -0.1) is 0 Å². The van der Waals surface area contributed by atoms with Crippen LogP contribution in [0.2, 0.25) is 0 Å². The van der Waals surface area contributed by atoms with Gasteiger partial charge in [0.15, 0.2) is 5.75 Å². The lowest BCUT2D eigenvalue weighted by Crippen LogP contribution is -2.10. The summed E-state index contributed by atoms with van der Waals surface area (Å²) in [7, 11) is 0. The Morgan fingerprint density at radius 1 is 0.750 bits per heavy atom. The Balaban J connectivity index is 1.64. The molecule has 8 heteroatoms. The lowest BCUT2D eigenvalue weighted by Gasteiger charge is -2.09. The molecule has 0 aliphatic heterocycles. The molecule has 0 unspecified atom stereocenters. The molecular formula is C20H20O8. The highest BCUT2D eigenvalue weighted by molar-refractivity contribution is 5.91. The molecule has 0 saturated heterocycles. The molecule has 0 aliphatic carbocycles. The molecule has 148 valence electrons. The third kappa shape index (κ3) is 6.31. The van der Waals surface area contributed by atoms with Crippen LogP contribution in [-0.4, -0.2) is 34.7 Å². The quantitative estimate of drug-likeness (QED) is 0.341. The summed E-state index contributed by atoms with van der Waals surface area (Å²) in [4.78, 5) is 43.3. The molecule has 0 aliphatic rings. The number of ether oxygens (including phenoxy) is 1. The number of rotatable bonds is 11. The Bertz CT molecular complexity index is 830. The molecule has 2 aromatic rings. The van der Waals surface area contributed by atoms with Gasteiger partial charge in [0.1, 0.15) is 16.9 Å². The lowest BCUT2D eigenvalue weighted by molar-refractivity contribution is -0.214. The van der Waals surface area contributed by atoms with Crippen molar-refractivity contribution >= 4 is 17.9 Å². The zero-order chi connectivity index (χ0) is 20.4. The van der Waals surface area contributed by atoms with E-state index in [0.29, 0.717) is 31.6 Å². The highest BCUT2D eigenvalue weighted by Gasteiger charge is 2.13. The van der Waals surface area contributed by atoms with Gasteiger partial charge in [0.25, 0.3) is 0 Å². The maximum atomic E-state index is 11.7. The SMILES string of the molecule is O=C(CCCCCOc1ccccc1C(=O)O)OOc1ccccc1C(=O)O. The number of aromatic carboxylic acids is 2. The summed E-state index contributed by atoms with van der Waals surface area (Å²) in [6.07, 6.45) is 1.91. The van der Waals surface area contributed by atoms with Crippen molar-refractivity contribution in [2.45, 2.75) is 25.7 Å². The van der Waals surface area contributed by atoms with E-state index in [9.17, 15) is 14.4 Å². The maximum absolute atomic E-state index is 11.7. The van der Waals surface area contributed by atoms with E-state index in [4.69, 9.17) is 19.8 Å². The van der Waals surface area contributed by atoms with Crippen molar-refractivity contribution in [3.8, 4) is 11.5 Å². The number of carbonyl (C=O) groups is 3. The van der Waals surface area contributed by atoms with Crippen molar-refractivity contribution in [3.63, 3.8) is 0 Å². The second-order valence-corrected chi connectivity index (χ2v) is 5.80. The van der Waals surface area contributed by atoms with Crippen LogP contribution in [0.4, 0.5) is 0 Å². The fourth-order valence-electron chi connectivity index (χ4n) is 2.35. The van der Waals surface area contributed by atoms with Crippen molar-refractivity contribution in [1.29, 1.82) is 0 Å². The van der Waals surface area contributed by atoms with Crippen LogP contribution in [0.15, 0.2) is 48.5 Å². The number of benzene rings is 2. The molecule has 0 atom stereocenters. The largest absolute Gasteiger partial charge is 0.493 e. The molecule has 0 amide bonds. The minimum atomic E-state index is -1.18. The van der Waals surface area contributed by atoms with Gasteiger partial charge in [0.2, 0.25) is 0 Å². The van der Waals surface area contributed by atoms with Gasteiger partial charge in [-0.1, -0.05) is 24.3 Å². The topological polar surface area (TPSA) is 119 Å². The number of unbranched alkanes of at least 4 members (excludes halogenated alkanes) is 2. The van der Waals surface area contributed by atoms with Crippen molar-refractivity contribution in [2.75, 3.05) is 6.61 Å². The van der Waals surface area contributed by atoms with Crippen molar-refractivity contribution in [3.05, 3.63) is 59.7 Å². The summed E-state index contributed by atoms with van der Waals surface area (Å²) < 4.78 is 5.47.